The van der Waals surface area contributed by atoms with Crippen LogP contribution in [0.25, 0.3) is 0 Å². The Morgan fingerprint density at radius 1 is 1.36 bits per heavy atom. The summed E-state index contributed by atoms with van der Waals surface area (Å²) in [5, 5.41) is 3.40. The molecule has 1 aromatic carbocycles. The molecule has 136 valence electrons. The zero-order chi connectivity index (χ0) is 18.6. The molecule has 2 aromatic rings. The number of anilines is 2. The number of carbonyl (C=O) groups is 1. The normalized spacial score (nSPS) is 11.5. The van der Waals surface area contributed by atoms with E-state index in [1.165, 1.54) is 10.9 Å². The molecule has 0 saturated heterocycles. The van der Waals surface area contributed by atoms with Gasteiger partial charge in [0.25, 0.3) is 0 Å². The number of carbonyl (C=O) groups excluding carboxylic acids is 1. The Morgan fingerprint density at radius 2 is 2.08 bits per heavy atom. The SMILES string of the molecule is CC(C)Nc1cccc(N(C)Cc2cncn2C(=O)OC(C)(C)C)c1. The minimum Gasteiger partial charge on any atom is -0.443 e. The van der Waals surface area contributed by atoms with E-state index in [0.29, 0.717) is 12.6 Å². The summed E-state index contributed by atoms with van der Waals surface area (Å²) in [5.74, 6) is 0. The van der Waals surface area contributed by atoms with Gasteiger partial charge in [-0.3, -0.25) is 0 Å². The second-order valence-electron chi connectivity index (χ2n) is 7.44. The van der Waals surface area contributed by atoms with Crippen molar-refractivity contribution in [2.24, 2.45) is 0 Å². The maximum Gasteiger partial charge on any atom is 0.420 e. The van der Waals surface area contributed by atoms with E-state index < -0.39 is 11.7 Å². The maximum atomic E-state index is 12.3. The number of nitrogens with one attached hydrogen (secondary N) is 1. The molecule has 1 heterocycles. The van der Waals surface area contributed by atoms with Crippen LogP contribution in [0.3, 0.4) is 0 Å². The third-order valence-corrected chi connectivity index (χ3v) is 3.45. The summed E-state index contributed by atoms with van der Waals surface area (Å²) >= 11 is 0. The van der Waals surface area contributed by atoms with Crippen molar-refractivity contribution >= 4 is 17.5 Å². The molecule has 0 saturated carbocycles. The van der Waals surface area contributed by atoms with Gasteiger partial charge < -0.3 is 15.0 Å². The fourth-order valence-corrected chi connectivity index (χ4v) is 2.42. The van der Waals surface area contributed by atoms with Crippen LogP contribution in [0.5, 0.6) is 0 Å². The zero-order valence-corrected chi connectivity index (χ0v) is 15.9. The number of ether oxygens (including phenoxy) is 1. The first-order chi connectivity index (χ1) is 11.7. The highest BCUT2D eigenvalue weighted by Gasteiger charge is 2.20. The maximum absolute atomic E-state index is 12.3. The highest BCUT2D eigenvalue weighted by Crippen LogP contribution is 2.21. The number of hydrogen-bond donors (Lipinski definition) is 1. The molecule has 0 aliphatic rings. The van der Waals surface area contributed by atoms with Crippen molar-refractivity contribution in [3.8, 4) is 0 Å². The van der Waals surface area contributed by atoms with Crippen molar-refractivity contribution in [2.75, 3.05) is 17.3 Å². The molecular weight excluding hydrogens is 316 g/mol. The molecule has 0 aliphatic carbocycles. The monoisotopic (exact) mass is 344 g/mol. The minimum atomic E-state index is -0.540. The lowest BCUT2D eigenvalue weighted by atomic mass is 10.2. The van der Waals surface area contributed by atoms with Gasteiger partial charge in [0, 0.05) is 24.5 Å². The molecule has 0 fully saturated rings. The number of benzene rings is 1. The van der Waals surface area contributed by atoms with Crippen LogP contribution in [0.4, 0.5) is 16.2 Å². The number of rotatable bonds is 5. The molecule has 0 radical (unpaired) electrons. The molecule has 0 amide bonds. The summed E-state index contributed by atoms with van der Waals surface area (Å²) in [7, 11) is 1.99. The first kappa shape index (κ1) is 18.8. The molecule has 0 atom stereocenters. The van der Waals surface area contributed by atoms with Crippen LogP contribution in [-0.2, 0) is 11.3 Å². The van der Waals surface area contributed by atoms with E-state index in [0.717, 1.165) is 17.1 Å². The molecule has 25 heavy (non-hydrogen) atoms. The van der Waals surface area contributed by atoms with Gasteiger partial charge in [-0.25, -0.2) is 14.3 Å². The van der Waals surface area contributed by atoms with Gasteiger partial charge in [0.05, 0.1) is 18.4 Å². The van der Waals surface area contributed by atoms with Crippen LogP contribution in [0.2, 0.25) is 0 Å². The summed E-state index contributed by atoms with van der Waals surface area (Å²) in [6, 6.07) is 8.56. The standard InChI is InChI=1S/C19H28N4O2/c1-14(2)21-15-8-7-9-16(10-15)22(6)12-17-11-20-13-23(17)18(24)25-19(3,4)5/h7-11,13-14,21H,12H2,1-6H3. The van der Waals surface area contributed by atoms with E-state index in [2.05, 4.69) is 35.1 Å². The Hall–Kier alpha value is -2.50. The third-order valence-electron chi connectivity index (χ3n) is 3.45. The zero-order valence-electron chi connectivity index (χ0n) is 15.9. The fourth-order valence-electron chi connectivity index (χ4n) is 2.42. The highest BCUT2D eigenvalue weighted by molar-refractivity contribution is 5.71. The predicted octanol–water partition coefficient (Wildman–Crippen LogP) is 4.12. The number of imidazole rings is 1. The van der Waals surface area contributed by atoms with Crippen molar-refractivity contribution in [3.05, 3.63) is 42.5 Å². The van der Waals surface area contributed by atoms with E-state index in [1.54, 1.807) is 6.20 Å². The second-order valence-corrected chi connectivity index (χ2v) is 7.44. The van der Waals surface area contributed by atoms with Gasteiger partial charge in [0.2, 0.25) is 0 Å². The lowest BCUT2D eigenvalue weighted by Gasteiger charge is -2.23. The Kier molecular flexibility index (Phi) is 5.72. The lowest BCUT2D eigenvalue weighted by molar-refractivity contribution is 0.0532. The molecule has 0 spiro atoms. The fraction of sp³-hybridized carbons (Fsp3) is 0.474. The van der Waals surface area contributed by atoms with E-state index in [-0.39, 0.29) is 0 Å². The summed E-state index contributed by atoms with van der Waals surface area (Å²) in [6.07, 6.45) is 2.77. The minimum absolute atomic E-state index is 0.370. The topological polar surface area (TPSA) is 59.4 Å². The van der Waals surface area contributed by atoms with E-state index >= 15 is 0 Å². The Balaban J connectivity index is 2.13. The van der Waals surface area contributed by atoms with Crippen molar-refractivity contribution in [1.82, 2.24) is 9.55 Å². The smallest absolute Gasteiger partial charge is 0.420 e. The highest BCUT2D eigenvalue weighted by atomic mass is 16.6. The molecule has 6 nitrogen and oxygen atoms in total. The van der Waals surface area contributed by atoms with Crippen molar-refractivity contribution in [1.29, 1.82) is 0 Å². The van der Waals surface area contributed by atoms with Crippen molar-refractivity contribution in [3.63, 3.8) is 0 Å². The largest absolute Gasteiger partial charge is 0.443 e. The molecule has 1 aromatic heterocycles. The summed E-state index contributed by atoms with van der Waals surface area (Å²) in [4.78, 5) is 18.5. The lowest BCUT2D eigenvalue weighted by Crippen LogP contribution is -2.29. The predicted molar refractivity (Wildman–Crippen MR) is 101 cm³/mol. The molecule has 2 rings (SSSR count). The molecule has 0 unspecified atom stereocenters. The van der Waals surface area contributed by atoms with Gasteiger partial charge in [-0.15, -0.1) is 0 Å². The van der Waals surface area contributed by atoms with Gasteiger partial charge in [-0.2, -0.15) is 0 Å². The Labute approximate surface area is 149 Å². The van der Waals surface area contributed by atoms with Crippen LogP contribution in [0.1, 0.15) is 40.3 Å². The van der Waals surface area contributed by atoms with Crippen molar-refractivity contribution < 1.29 is 9.53 Å². The third kappa shape index (κ3) is 5.52. The van der Waals surface area contributed by atoms with Gasteiger partial charge in [0.15, 0.2) is 0 Å². The van der Waals surface area contributed by atoms with Crippen LogP contribution in [0.15, 0.2) is 36.8 Å². The first-order valence-electron chi connectivity index (χ1n) is 8.48. The van der Waals surface area contributed by atoms with Crippen LogP contribution in [-0.4, -0.2) is 34.3 Å². The molecule has 0 bridgehead atoms. The summed E-state index contributed by atoms with van der Waals surface area (Å²) in [5.41, 5.74) is 2.36. The summed E-state index contributed by atoms with van der Waals surface area (Å²) < 4.78 is 6.88. The van der Waals surface area contributed by atoms with Crippen LogP contribution in [0, 0.1) is 0 Å². The molecule has 1 N–H and O–H groups in total. The van der Waals surface area contributed by atoms with Gasteiger partial charge in [-0.1, -0.05) is 6.07 Å². The van der Waals surface area contributed by atoms with Crippen molar-refractivity contribution in [2.45, 2.75) is 52.8 Å². The summed E-state index contributed by atoms with van der Waals surface area (Å²) in [6.45, 7) is 10.3. The van der Waals surface area contributed by atoms with Gasteiger partial charge >= 0.3 is 6.09 Å². The molecule has 0 aliphatic heterocycles. The molecule has 6 heteroatoms. The molecular formula is C19H28N4O2. The first-order valence-corrected chi connectivity index (χ1v) is 8.48. The van der Waals surface area contributed by atoms with Crippen LogP contribution >= 0.6 is 0 Å². The second kappa shape index (κ2) is 7.59. The number of aromatic nitrogens is 2. The number of hydrogen-bond acceptors (Lipinski definition) is 5. The van der Waals surface area contributed by atoms with E-state index in [9.17, 15) is 4.79 Å². The number of nitrogens with zero attached hydrogens (tertiary/aromatic N) is 3. The Bertz CT molecular complexity index is 716. The van der Waals surface area contributed by atoms with Crippen LogP contribution < -0.4 is 10.2 Å². The Morgan fingerprint density at radius 3 is 2.72 bits per heavy atom. The average Bonchev–Trinajstić information content (AvgIpc) is 2.93. The quantitative estimate of drug-likeness (QED) is 0.884. The van der Waals surface area contributed by atoms with Gasteiger partial charge in [-0.05, 0) is 52.8 Å². The van der Waals surface area contributed by atoms with E-state index in [4.69, 9.17) is 4.74 Å². The van der Waals surface area contributed by atoms with E-state index in [1.807, 2.05) is 46.0 Å². The average molecular weight is 344 g/mol. The van der Waals surface area contributed by atoms with Gasteiger partial charge in [0.1, 0.15) is 11.9 Å².